The molecule has 1 rings (SSSR count). The van der Waals surface area contributed by atoms with Crippen molar-refractivity contribution < 1.29 is 4.74 Å². The number of rotatable bonds is 8. The summed E-state index contributed by atoms with van der Waals surface area (Å²) in [5.74, 6) is 0.954. The molecule has 0 amide bonds. The molecule has 0 radical (unpaired) electrons. The molecule has 1 atom stereocenters. The average Bonchev–Trinajstić information content (AvgIpc) is 2.36. The van der Waals surface area contributed by atoms with Gasteiger partial charge in [0.25, 0.3) is 0 Å². The van der Waals surface area contributed by atoms with Gasteiger partial charge < -0.3 is 10.1 Å². The van der Waals surface area contributed by atoms with E-state index in [0.29, 0.717) is 6.04 Å². The summed E-state index contributed by atoms with van der Waals surface area (Å²) >= 11 is 0. The first-order valence-corrected chi connectivity index (χ1v) is 6.71. The van der Waals surface area contributed by atoms with Crippen molar-refractivity contribution in [1.82, 2.24) is 5.32 Å². The molecule has 1 aromatic carbocycles. The highest BCUT2D eigenvalue weighted by Gasteiger charge is 2.01. The van der Waals surface area contributed by atoms with E-state index in [2.05, 4.69) is 31.3 Å². The standard InChI is InChI=1S/C15H25NO/c1-4-6-7-13(3)16-12-14-8-10-15(11-9-14)17-5-2/h8-11,13,16H,4-7,12H2,1-3H3. The van der Waals surface area contributed by atoms with Crippen LogP contribution in [0.4, 0.5) is 0 Å². The third kappa shape index (κ3) is 5.73. The van der Waals surface area contributed by atoms with Crippen LogP contribution >= 0.6 is 0 Å². The molecule has 0 aliphatic carbocycles. The monoisotopic (exact) mass is 235 g/mol. The lowest BCUT2D eigenvalue weighted by atomic mass is 10.1. The van der Waals surface area contributed by atoms with Crippen LogP contribution in [-0.4, -0.2) is 12.6 Å². The maximum atomic E-state index is 5.42. The summed E-state index contributed by atoms with van der Waals surface area (Å²) < 4.78 is 5.42. The minimum atomic E-state index is 0.599. The highest BCUT2D eigenvalue weighted by Crippen LogP contribution is 2.12. The topological polar surface area (TPSA) is 21.3 Å². The Labute approximate surface area is 105 Å². The second-order valence-corrected chi connectivity index (χ2v) is 4.50. The van der Waals surface area contributed by atoms with Gasteiger partial charge in [-0.1, -0.05) is 31.9 Å². The lowest BCUT2D eigenvalue weighted by Gasteiger charge is -2.13. The largest absolute Gasteiger partial charge is 0.494 e. The zero-order valence-corrected chi connectivity index (χ0v) is 11.3. The average molecular weight is 235 g/mol. The summed E-state index contributed by atoms with van der Waals surface area (Å²) in [5.41, 5.74) is 1.32. The lowest BCUT2D eigenvalue weighted by molar-refractivity contribution is 0.340. The van der Waals surface area contributed by atoms with Gasteiger partial charge in [-0.25, -0.2) is 0 Å². The molecule has 1 N–H and O–H groups in total. The van der Waals surface area contributed by atoms with Crippen molar-refractivity contribution in [1.29, 1.82) is 0 Å². The third-order valence-electron chi connectivity index (χ3n) is 2.88. The molecule has 0 aliphatic heterocycles. The van der Waals surface area contributed by atoms with Crippen molar-refractivity contribution in [2.75, 3.05) is 6.61 Å². The molecule has 2 heteroatoms. The first-order chi connectivity index (χ1) is 8.26. The van der Waals surface area contributed by atoms with E-state index in [1.165, 1.54) is 24.8 Å². The van der Waals surface area contributed by atoms with E-state index in [-0.39, 0.29) is 0 Å². The molecule has 2 nitrogen and oxygen atoms in total. The van der Waals surface area contributed by atoms with Gasteiger partial charge in [0, 0.05) is 12.6 Å². The molecule has 1 unspecified atom stereocenters. The van der Waals surface area contributed by atoms with Gasteiger partial charge in [0.05, 0.1) is 6.61 Å². The Balaban J connectivity index is 2.31. The van der Waals surface area contributed by atoms with Crippen LogP contribution in [0.2, 0.25) is 0 Å². The first-order valence-electron chi connectivity index (χ1n) is 6.71. The number of unbranched alkanes of at least 4 members (excludes halogenated alkanes) is 1. The molecule has 1 aromatic rings. The number of ether oxygens (including phenoxy) is 1. The van der Waals surface area contributed by atoms with Gasteiger partial charge >= 0.3 is 0 Å². The Morgan fingerprint density at radius 3 is 2.47 bits per heavy atom. The Morgan fingerprint density at radius 1 is 1.18 bits per heavy atom. The maximum Gasteiger partial charge on any atom is 0.119 e. The number of hydrogen-bond acceptors (Lipinski definition) is 2. The van der Waals surface area contributed by atoms with Crippen LogP contribution in [0.3, 0.4) is 0 Å². The van der Waals surface area contributed by atoms with Crippen molar-refractivity contribution in [2.24, 2.45) is 0 Å². The van der Waals surface area contributed by atoms with E-state index in [0.717, 1.165) is 18.9 Å². The SMILES string of the molecule is CCCCC(C)NCc1ccc(OCC)cc1. The van der Waals surface area contributed by atoms with Crippen molar-refractivity contribution in [3.8, 4) is 5.75 Å². The molecule has 0 spiro atoms. The van der Waals surface area contributed by atoms with Crippen molar-refractivity contribution in [3.05, 3.63) is 29.8 Å². The number of nitrogens with one attached hydrogen (secondary N) is 1. The zero-order chi connectivity index (χ0) is 12.5. The van der Waals surface area contributed by atoms with E-state index in [4.69, 9.17) is 4.74 Å². The van der Waals surface area contributed by atoms with Crippen molar-refractivity contribution in [3.63, 3.8) is 0 Å². The number of hydrogen-bond donors (Lipinski definition) is 1. The van der Waals surface area contributed by atoms with Crippen LogP contribution < -0.4 is 10.1 Å². The number of benzene rings is 1. The van der Waals surface area contributed by atoms with E-state index >= 15 is 0 Å². The molecule has 0 aliphatic rings. The van der Waals surface area contributed by atoms with E-state index in [9.17, 15) is 0 Å². The zero-order valence-electron chi connectivity index (χ0n) is 11.3. The van der Waals surface area contributed by atoms with Gasteiger partial charge in [-0.15, -0.1) is 0 Å². The van der Waals surface area contributed by atoms with Crippen LogP contribution in [0.5, 0.6) is 5.75 Å². The fourth-order valence-electron chi connectivity index (χ4n) is 1.77. The fraction of sp³-hybridized carbons (Fsp3) is 0.600. The molecular weight excluding hydrogens is 210 g/mol. The van der Waals surface area contributed by atoms with Crippen LogP contribution in [-0.2, 0) is 6.54 Å². The van der Waals surface area contributed by atoms with E-state index in [1.807, 2.05) is 19.1 Å². The molecule has 0 aromatic heterocycles. The second kappa shape index (κ2) is 8.13. The molecule has 0 fully saturated rings. The molecule has 0 saturated carbocycles. The minimum Gasteiger partial charge on any atom is -0.494 e. The highest BCUT2D eigenvalue weighted by molar-refractivity contribution is 5.27. The Bertz CT molecular complexity index is 294. The maximum absolute atomic E-state index is 5.42. The van der Waals surface area contributed by atoms with E-state index < -0.39 is 0 Å². The van der Waals surface area contributed by atoms with Gasteiger partial charge in [-0.05, 0) is 38.0 Å². The lowest BCUT2D eigenvalue weighted by Crippen LogP contribution is -2.25. The molecule has 0 heterocycles. The highest BCUT2D eigenvalue weighted by atomic mass is 16.5. The summed E-state index contributed by atoms with van der Waals surface area (Å²) in [6.07, 6.45) is 3.83. The summed E-state index contributed by atoms with van der Waals surface area (Å²) in [5, 5.41) is 3.54. The minimum absolute atomic E-state index is 0.599. The Kier molecular flexibility index (Phi) is 6.71. The Hall–Kier alpha value is -1.02. The van der Waals surface area contributed by atoms with E-state index in [1.54, 1.807) is 0 Å². The molecule has 0 bridgehead atoms. The van der Waals surface area contributed by atoms with Gasteiger partial charge in [0.2, 0.25) is 0 Å². The van der Waals surface area contributed by atoms with Crippen LogP contribution in [0, 0.1) is 0 Å². The first kappa shape index (κ1) is 14.0. The summed E-state index contributed by atoms with van der Waals surface area (Å²) in [6, 6.07) is 8.94. The van der Waals surface area contributed by atoms with Crippen LogP contribution in [0.1, 0.15) is 45.6 Å². The van der Waals surface area contributed by atoms with Crippen LogP contribution in [0.15, 0.2) is 24.3 Å². The van der Waals surface area contributed by atoms with Crippen molar-refractivity contribution in [2.45, 2.75) is 52.6 Å². The summed E-state index contributed by atoms with van der Waals surface area (Å²) in [7, 11) is 0. The fourth-order valence-corrected chi connectivity index (χ4v) is 1.77. The smallest absolute Gasteiger partial charge is 0.119 e. The van der Waals surface area contributed by atoms with Gasteiger partial charge in [-0.3, -0.25) is 0 Å². The van der Waals surface area contributed by atoms with Gasteiger partial charge in [-0.2, -0.15) is 0 Å². The molecule has 96 valence electrons. The van der Waals surface area contributed by atoms with Gasteiger partial charge in [0.1, 0.15) is 5.75 Å². The van der Waals surface area contributed by atoms with Crippen molar-refractivity contribution >= 4 is 0 Å². The predicted octanol–water partition coefficient (Wildman–Crippen LogP) is 3.75. The summed E-state index contributed by atoms with van der Waals surface area (Å²) in [4.78, 5) is 0. The molecular formula is C15H25NO. The molecule has 0 saturated heterocycles. The normalized spacial score (nSPS) is 12.4. The quantitative estimate of drug-likeness (QED) is 0.741. The van der Waals surface area contributed by atoms with Gasteiger partial charge in [0.15, 0.2) is 0 Å². The third-order valence-corrected chi connectivity index (χ3v) is 2.88. The van der Waals surface area contributed by atoms with Crippen LogP contribution in [0.25, 0.3) is 0 Å². The molecule has 17 heavy (non-hydrogen) atoms. The predicted molar refractivity (Wildman–Crippen MR) is 73.4 cm³/mol. The Morgan fingerprint density at radius 2 is 1.88 bits per heavy atom. The second-order valence-electron chi connectivity index (χ2n) is 4.50. The summed E-state index contributed by atoms with van der Waals surface area (Å²) in [6.45, 7) is 8.16.